The van der Waals surface area contributed by atoms with Crippen molar-refractivity contribution in [3.63, 3.8) is 0 Å². The van der Waals surface area contributed by atoms with Gasteiger partial charge in [0.2, 0.25) is 5.91 Å². The molecule has 0 radical (unpaired) electrons. The molecule has 0 aliphatic heterocycles. The van der Waals surface area contributed by atoms with Gasteiger partial charge in [-0.05, 0) is 38.5 Å². The third-order valence-electron chi connectivity index (χ3n) is 2.60. The molecule has 0 fully saturated rings. The molecule has 100 valence electrons. The second kappa shape index (κ2) is 6.25. The molecular weight excluding hydrogens is 246 g/mol. The van der Waals surface area contributed by atoms with Crippen LogP contribution in [0.2, 0.25) is 0 Å². The fourth-order valence-corrected chi connectivity index (χ4v) is 1.89. The van der Waals surface area contributed by atoms with E-state index < -0.39 is 5.60 Å². The fraction of sp³-hybridized carbons (Fsp3) is 0.500. The maximum Gasteiger partial charge on any atom is 0.227 e. The van der Waals surface area contributed by atoms with Crippen LogP contribution in [0.25, 0.3) is 0 Å². The Morgan fingerprint density at radius 3 is 2.33 bits per heavy atom. The van der Waals surface area contributed by atoms with Crippen LogP contribution < -0.4 is 0 Å². The average Bonchev–Trinajstić information content (AvgIpc) is 2.27. The molecule has 1 N–H and O–H groups in total. The summed E-state index contributed by atoms with van der Waals surface area (Å²) in [5.74, 6) is 0.0338. The van der Waals surface area contributed by atoms with Crippen molar-refractivity contribution in [2.45, 2.75) is 37.7 Å². The van der Waals surface area contributed by atoms with Crippen molar-refractivity contribution in [3.05, 3.63) is 29.8 Å². The summed E-state index contributed by atoms with van der Waals surface area (Å²) in [7, 11) is 0. The van der Waals surface area contributed by atoms with Gasteiger partial charge in [-0.3, -0.25) is 4.79 Å². The molecule has 0 unspecified atom stereocenters. The number of hydrogen-bond donors (Lipinski definition) is 2. The Balaban J connectivity index is 2.65. The topological polar surface area (TPSA) is 40.5 Å². The van der Waals surface area contributed by atoms with Gasteiger partial charge in [0.15, 0.2) is 0 Å². The van der Waals surface area contributed by atoms with Crippen molar-refractivity contribution in [1.29, 1.82) is 0 Å². The van der Waals surface area contributed by atoms with Gasteiger partial charge in [-0.1, -0.05) is 12.1 Å². The summed E-state index contributed by atoms with van der Waals surface area (Å²) in [6.45, 7) is 6.29. The van der Waals surface area contributed by atoms with Crippen molar-refractivity contribution in [2.24, 2.45) is 0 Å². The number of amides is 1. The molecule has 0 saturated carbocycles. The quantitative estimate of drug-likeness (QED) is 0.802. The normalized spacial score (nSPS) is 11.4. The highest BCUT2D eigenvalue weighted by atomic mass is 32.1. The number of hydrogen-bond acceptors (Lipinski definition) is 3. The molecule has 0 aliphatic rings. The van der Waals surface area contributed by atoms with Gasteiger partial charge in [-0.2, -0.15) is 0 Å². The first-order valence-electron chi connectivity index (χ1n) is 6.10. The fourth-order valence-electron chi connectivity index (χ4n) is 1.74. The van der Waals surface area contributed by atoms with E-state index in [1.165, 1.54) is 0 Å². The predicted octanol–water partition coefficient (Wildman–Crippen LogP) is 2.14. The van der Waals surface area contributed by atoms with E-state index >= 15 is 0 Å². The molecule has 4 heteroatoms. The van der Waals surface area contributed by atoms with E-state index in [1.54, 1.807) is 18.7 Å². The van der Waals surface area contributed by atoms with Crippen LogP contribution in [0.15, 0.2) is 29.2 Å². The van der Waals surface area contributed by atoms with Crippen LogP contribution in [0.1, 0.15) is 26.3 Å². The zero-order chi connectivity index (χ0) is 13.8. The van der Waals surface area contributed by atoms with E-state index in [0.29, 0.717) is 19.5 Å². The molecule has 1 rings (SSSR count). The zero-order valence-corrected chi connectivity index (χ0v) is 12.1. The lowest BCUT2D eigenvalue weighted by atomic mass is 10.1. The molecular formula is C14H21NO2S. The van der Waals surface area contributed by atoms with Crippen molar-refractivity contribution in [2.75, 3.05) is 13.1 Å². The molecule has 1 amide bonds. The minimum atomic E-state index is -0.860. The van der Waals surface area contributed by atoms with Crippen molar-refractivity contribution in [3.8, 4) is 0 Å². The van der Waals surface area contributed by atoms with Gasteiger partial charge in [0.25, 0.3) is 0 Å². The first kappa shape index (κ1) is 15.1. The first-order chi connectivity index (χ1) is 8.31. The van der Waals surface area contributed by atoms with Gasteiger partial charge >= 0.3 is 0 Å². The van der Waals surface area contributed by atoms with Gasteiger partial charge in [0.1, 0.15) is 0 Å². The Labute approximate surface area is 114 Å². The summed E-state index contributed by atoms with van der Waals surface area (Å²) < 4.78 is 0. The Hall–Kier alpha value is -1.00. The van der Waals surface area contributed by atoms with Crippen LogP contribution in [-0.2, 0) is 11.2 Å². The largest absolute Gasteiger partial charge is 0.389 e. The second-order valence-corrected chi connectivity index (χ2v) is 5.58. The van der Waals surface area contributed by atoms with E-state index in [0.717, 1.165) is 10.5 Å². The highest BCUT2D eigenvalue weighted by Gasteiger charge is 2.21. The Kier molecular flexibility index (Phi) is 5.23. The van der Waals surface area contributed by atoms with Gasteiger partial charge in [0, 0.05) is 18.0 Å². The smallest absolute Gasteiger partial charge is 0.227 e. The first-order valence-corrected chi connectivity index (χ1v) is 6.54. The minimum Gasteiger partial charge on any atom is -0.389 e. The third kappa shape index (κ3) is 5.10. The monoisotopic (exact) mass is 267 g/mol. The molecule has 18 heavy (non-hydrogen) atoms. The number of aliphatic hydroxyl groups is 1. The van der Waals surface area contributed by atoms with Crippen molar-refractivity contribution >= 4 is 18.5 Å². The molecule has 0 bridgehead atoms. The molecule has 0 atom stereocenters. The minimum absolute atomic E-state index is 0.0338. The number of thiol groups is 1. The van der Waals surface area contributed by atoms with E-state index in [1.807, 2.05) is 31.2 Å². The van der Waals surface area contributed by atoms with Crippen LogP contribution in [0.5, 0.6) is 0 Å². The average molecular weight is 267 g/mol. The van der Waals surface area contributed by atoms with Crippen molar-refractivity contribution in [1.82, 2.24) is 4.90 Å². The lowest BCUT2D eigenvalue weighted by Gasteiger charge is -2.28. The summed E-state index contributed by atoms with van der Waals surface area (Å²) in [5.41, 5.74) is 0.104. The number of nitrogens with zero attached hydrogens (tertiary/aromatic N) is 1. The molecule has 0 aromatic heterocycles. The number of rotatable bonds is 5. The number of carbonyl (C=O) groups excluding carboxylic acids is 1. The van der Waals surface area contributed by atoms with Crippen molar-refractivity contribution < 1.29 is 9.90 Å². The van der Waals surface area contributed by atoms with E-state index in [4.69, 9.17) is 0 Å². The standard InChI is InChI=1S/C14H21NO2S/c1-4-15(10-14(2,3)17)13(16)9-11-5-7-12(18)8-6-11/h5-8,17-18H,4,9-10H2,1-3H3. The lowest BCUT2D eigenvalue weighted by molar-refractivity contribution is -0.133. The van der Waals surface area contributed by atoms with E-state index in [-0.39, 0.29) is 5.91 Å². The lowest BCUT2D eigenvalue weighted by Crippen LogP contribution is -2.42. The van der Waals surface area contributed by atoms with Crippen LogP contribution in [0, 0.1) is 0 Å². The Bertz CT molecular complexity index is 395. The predicted molar refractivity (Wildman–Crippen MR) is 75.9 cm³/mol. The SMILES string of the molecule is CCN(CC(C)(C)O)C(=O)Cc1ccc(S)cc1. The van der Waals surface area contributed by atoms with Crippen LogP contribution in [0.4, 0.5) is 0 Å². The van der Waals surface area contributed by atoms with Gasteiger partial charge < -0.3 is 10.0 Å². The number of benzene rings is 1. The maximum absolute atomic E-state index is 12.1. The van der Waals surface area contributed by atoms with E-state index in [9.17, 15) is 9.90 Å². The number of likely N-dealkylation sites (N-methyl/N-ethyl adjacent to an activating group) is 1. The summed E-state index contributed by atoms with van der Waals surface area (Å²) in [6, 6.07) is 7.55. The summed E-state index contributed by atoms with van der Waals surface area (Å²) in [5, 5.41) is 9.77. The Morgan fingerprint density at radius 2 is 1.89 bits per heavy atom. The molecule has 3 nitrogen and oxygen atoms in total. The maximum atomic E-state index is 12.1. The molecule has 0 spiro atoms. The van der Waals surface area contributed by atoms with Gasteiger partial charge in [-0.15, -0.1) is 12.6 Å². The molecule has 0 aliphatic carbocycles. The Morgan fingerprint density at radius 1 is 1.33 bits per heavy atom. The highest BCUT2D eigenvalue weighted by Crippen LogP contribution is 2.11. The molecule has 0 heterocycles. The zero-order valence-electron chi connectivity index (χ0n) is 11.2. The summed E-state index contributed by atoms with van der Waals surface area (Å²) in [4.78, 5) is 14.7. The molecule has 0 saturated heterocycles. The third-order valence-corrected chi connectivity index (χ3v) is 2.90. The second-order valence-electron chi connectivity index (χ2n) is 5.06. The summed E-state index contributed by atoms with van der Waals surface area (Å²) >= 11 is 4.21. The van der Waals surface area contributed by atoms with Crippen LogP contribution in [0.3, 0.4) is 0 Å². The molecule has 1 aromatic carbocycles. The molecule has 1 aromatic rings. The summed E-state index contributed by atoms with van der Waals surface area (Å²) in [6.07, 6.45) is 0.359. The number of carbonyl (C=O) groups is 1. The van der Waals surface area contributed by atoms with Crippen LogP contribution >= 0.6 is 12.6 Å². The van der Waals surface area contributed by atoms with E-state index in [2.05, 4.69) is 12.6 Å². The van der Waals surface area contributed by atoms with Gasteiger partial charge in [-0.25, -0.2) is 0 Å². The highest BCUT2D eigenvalue weighted by molar-refractivity contribution is 7.80. The van der Waals surface area contributed by atoms with Crippen LogP contribution in [-0.4, -0.2) is 34.6 Å². The van der Waals surface area contributed by atoms with Gasteiger partial charge in [0.05, 0.1) is 12.0 Å².